The second kappa shape index (κ2) is 6.01. The van der Waals surface area contributed by atoms with E-state index in [9.17, 15) is 0 Å². The summed E-state index contributed by atoms with van der Waals surface area (Å²) in [4.78, 5) is 2.12. The molecule has 90 valence electrons. The number of benzene rings is 1. The Morgan fingerprint density at radius 1 is 1.25 bits per heavy atom. The molecule has 0 fully saturated rings. The average molecular weight is 241 g/mol. The second-order valence-corrected chi connectivity index (χ2v) is 4.14. The maximum atomic E-state index is 5.36. The molecule has 1 aromatic rings. The van der Waals surface area contributed by atoms with Crippen molar-refractivity contribution < 1.29 is 9.47 Å². The predicted octanol–water partition coefficient (Wildman–Crippen LogP) is 2.24. The smallest absolute Gasteiger partial charge is 0.123 e. The zero-order valence-corrected chi connectivity index (χ0v) is 11.1. The molecule has 0 aliphatic rings. The molecule has 0 radical (unpaired) electrons. The second-order valence-electron chi connectivity index (χ2n) is 3.77. The Balaban J connectivity index is 3.15. The van der Waals surface area contributed by atoms with Gasteiger partial charge in [-0.1, -0.05) is 0 Å². The SMILES string of the molecule is COc1ccc(OC)c(C(CS)N(C)C)c1. The summed E-state index contributed by atoms with van der Waals surface area (Å²) in [7, 11) is 7.40. The Labute approximate surface area is 103 Å². The molecule has 0 aliphatic heterocycles. The highest BCUT2D eigenvalue weighted by molar-refractivity contribution is 7.80. The lowest BCUT2D eigenvalue weighted by Gasteiger charge is -2.25. The number of hydrogen-bond donors (Lipinski definition) is 1. The third kappa shape index (κ3) is 2.83. The molecule has 0 amide bonds. The third-order valence-corrected chi connectivity index (χ3v) is 2.94. The molecular formula is C12H19NO2S. The summed E-state index contributed by atoms with van der Waals surface area (Å²) in [5, 5.41) is 0. The Bertz CT molecular complexity index is 342. The van der Waals surface area contributed by atoms with E-state index in [1.165, 1.54) is 0 Å². The standard InChI is InChI=1S/C12H19NO2S/c1-13(2)11(8-16)10-7-9(14-3)5-6-12(10)15-4/h5-7,11,16H,8H2,1-4H3. The van der Waals surface area contributed by atoms with E-state index in [-0.39, 0.29) is 6.04 Å². The summed E-state index contributed by atoms with van der Waals surface area (Å²) in [6, 6.07) is 6.04. The van der Waals surface area contributed by atoms with Crippen molar-refractivity contribution in [1.82, 2.24) is 4.90 Å². The van der Waals surface area contributed by atoms with Crippen molar-refractivity contribution >= 4 is 12.6 Å². The predicted molar refractivity (Wildman–Crippen MR) is 69.8 cm³/mol. The van der Waals surface area contributed by atoms with Gasteiger partial charge in [-0.2, -0.15) is 12.6 Å². The molecule has 0 heterocycles. The largest absolute Gasteiger partial charge is 0.497 e. The minimum absolute atomic E-state index is 0.216. The van der Waals surface area contributed by atoms with E-state index in [4.69, 9.17) is 9.47 Å². The van der Waals surface area contributed by atoms with Crippen molar-refractivity contribution in [2.45, 2.75) is 6.04 Å². The van der Waals surface area contributed by atoms with Crippen molar-refractivity contribution in [3.05, 3.63) is 23.8 Å². The van der Waals surface area contributed by atoms with E-state index >= 15 is 0 Å². The van der Waals surface area contributed by atoms with Gasteiger partial charge in [-0.15, -0.1) is 0 Å². The molecule has 1 rings (SSSR count). The van der Waals surface area contributed by atoms with Crippen molar-refractivity contribution in [1.29, 1.82) is 0 Å². The lowest BCUT2D eigenvalue weighted by atomic mass is 10.1. The normalized spacial score (nSPS) is 12.6. The van der Waals surface area contributed by atoms with Crippen LogP contribution < -0.4 is 9.47 Å². The number of methoxy groups -OCH3 is 2. The van der Waals surface area contributed by atoms with Gasteiger partial charge in [0.1, 0.15) is 11.5 Å². The lowest BCUT2D eigenvalue weighted by molar-refractivity contribution is 0.311. The van der Waals surface area contributed by atoms with Gasteiger partial charge in [-0.05, 0) is 32.3 Å². The number of ether oxygens (including phenoxy) is 2. The minimum atomic E-state index is 0.216. The molecule has 0 bridgehead atoms. The molecular weight excluding hydrogens is 222 g/mol. The number of rotatable bonds is 5. The molecule has 3 nitrogen and oxygen atoms in total. The first-order chi connectivity index (χ1) is 7.63. The van der Waals surface area contributed by atoms with Crippen LogP contribution >= 0.6 is 12.6 Å². The average Bonchev–Trinajstić information content (AvgIpc) is 2.29. The van der Waals surface area contributed by atoms with Crippen LogP contribution in [0.2, 0.25) is 0 Å². The number of nitrogens with zero attached hydrogens (tertiary/aromatic N) is 1. The van der Waals surface area contributed by atoms with E-state index in [2.05, 4.69) is 17.5 Å². The molecule has 0 saturated heterocycles. The fourth-order valence-electron chi connectivity index (χ4n) is 1.64. The molecule has 0 saturated carbocycles. The van der Waals surface area contributed by atoms with Crippen molar-refractivity contribution in [3.63, 3.8) is 0 Å². The maximum Gasteiger partial charge on any atom is 0.123 e. The van der Waals surface area contributed by atoms with Gasteiger partial charge in [0, 0.05) is 17.4 Å². The van der Waals surface area contributed by atoms with Crippen LogP contribution in [0.25, 0.3) is 0 Å². The molecule has 0 aromatic heterocycles. The Hall–Kier alpha value is -0.870. The molecule has 16 heavy (non-hydrogen) atoms. The van der Waals surface area contributed by atoms with Crippen molar-refractivity contribution in [3.8, 4) is 11.5 Å². The zero-order chi connectivity index (χ0) is 12.1. The van der Waals surface area contributed by atoms with Crippen LogP contribution in [0, 0.1) is 0 Å². The van der Waals surface area contributed by atoms with Gasteiger partial charge in [-0.25, -0.2) is 0 Å². The van der Waals surface area contributed by atoms with Crippen molar-refractivity contribution in [2.24, 2.45) is 0 Å². The van der Waals surface area contributed by atoms with Gasteiger partial charge in [0.15, 0.2) is 0 Å². The first-order valence-electron chi connectivity index (χ1n) is 5.13. The topological polar surface area (TPSA) is 21.7 Å². The van der Waals surface area contributed by atoms with Crippen LogP contribution in [0.1, 0.15) is 11.6 Å². The van der Waals surface area contributed by atoms with Crippen LogP contribution in [-0.4, -0.2) is 39.0 Å². The highest BCUT2D eigenvalue weighted by Crippen LogP contribution is 2.32. The third-order valence-electron chi connectivity index (χ3n) is 2.59. The maximum absolute atomic E-state index is 5.36. The van der Waals surface area contributed by atoms with E-state index in [1.54, 1.807) is 14.2 Å². The van der Waals surface area contributed by atoms with Crippen LogP contribution in [0.4, 0.5) is 0 Å². The highest BCUT2D eigenvalue weighted by atomic mass is 32.1. The lowest BCUT2D eigenvalue weighted by Crippen LogP contribution is -2.22. The van der Waals surface area contributed by atoms with E-state index < -0.39 is 0 Å². The van der Waals surface area contributed by atoms with Gasteiger partial charge in [-0.3, -0.25) is 0 Å². The first kappa shape index (κ1) is 13.2. The van der Waals surface area contributed by atoms with Crippen LogP contribution in [0.5, 0.6) is 11.5 Å². The Morgan fingerprint density at radius 2 is 1.94 bits per heavy atom. The zero-order valence-electron chi connectivity index (χ0n) is 10.2. The molecule has 0 N–H and O–H groups in total. The summed E-state index contributed by atoms with van der Waals surface area (Å²) in [5.74, 6) is 2.44. The molecule has 0 aliphatic carbocycles. The summed E-state index contributed by atoms with van der Waals surface area (Å²) < 4.78 is 10.6. The Kier molecular flexibility index (Phi) is 4.96. The number of hydrogen-bond acceptors (Lipinski definition) is 4. The monoisotopic (exact) mass is 241 g/mol. The first-order valence-corrected chi connectivity index (χ1v) is 5.76. The molecule has 0 spiro atoms. The van der Waals surface area contributed by atoms with Gasteiger partial charge in [0.2, 0.25) is 0 Å². The van der Waals surface area contributed by atoms with Crippen LogP contribution in [-0.2, 0) is 0 Å². The van der Waals surface area contributed by atoms with Gasteiger partial charge in [0.25, 0.3) is 0 Å². The van der Waals surface area contributed by atoms with E-state index in [1.807, 2.05) is 32.3 Å². The highest BCUT2D eigenvalue weighted by Gasteiger charge is 2.17. The fourth-order valence-corrected chi connectivity index (χ4v) is 2.16. The number of thiol groups is 1. The van der Waals surface area contributed by atoms with Gasteiger partial charge >= 0.3 is 0 Å². The summed E-state index contributed by atoms with van der Waals surface area (Å²) >= 11 is 4.38. The molecule has 1 aromatic carbocycles. The van der Waals surface area contributed by atoms with Crippen molar-refractivity contribution in [2.75, 3.05) is 34.1 Å². The Morgan fingerprint density at radius 3 is 2.38 bits per heavy atom. The summed E-state index contributed by atoms with van der Waals surface area (Å²) in [6.45, 7) is 0. The van der Waals surface area contributed by atoms with Crippen LogP contribution in [0.3, 0.4) is 0 Å². The fraction of sp³-hybridized carbons (Fsp3) is 0.500. The molecule has 1 unspecified atom stereocenters. The van der Waals surface area contributed by atoms with Gasteiger partial charge in [0.05, 0.1) is 14.2 Å². The summed E-state index contributed by atoms with van der Waals surface area (Å²) in [5.41, 5.74) is 1.10. The summed E-state index contributed by atoms with van der Waals surface area (Å²) in [6.07, 6.45) is 0. The quantitative estimate of drug-likeness (QED) is 0.799. The molecule has 1 atom stereocenters. The molecule has 4 heteroatoms. The van der Waals surface area contributed by atoms with Crippen LogP contribution in [0.15, 0.2) is 18.2 Å². The van der Waals surface area contributed by atoms with E-state index in [0.717, 1.165) is 22.8 Å². The van der Waals surface area contributed by atoms with Gasteiger partial charge < -0.3 is 14.4 Å². The van der Waals surface area contributed by atoms with E-state index in [0.29, 0.717) is 0 Å². The minimum Gasteiger partial charge on any atom is -0.497 e.